The molecule has 0 spiro atoms. The van der Waals surface area contributed by atoms with E-state index in [1.165, 1.54) is 116 Å². The summed E-state index contributed by atoms with van der Waals surface area (Å²) in [5.41, 5.74) is 0.593. The largest absolute Gasteiger partial charge is 0.377 e. The number of hydrogen-bond acceptors (Lipinski definition) is 1. The Morgan fingerprint density at radius 2 is 1.44 bits per heavy atom. The van der Waals surface area contributed by atoms with Crippen LogP contribution < -0.4 is 0 Å². The summed E-state index contributed by atoms with van der Waals surface area (Å²) in [4.78, 5) is 0. The summed E-state index contributed by atoms with van der Waals surface area (Å²) in [6.45, 7) is 7.76. The SMILES string of the molecule is C=CCOCC[C@]1(CCCCCCCCC)CC[C@H](C2CCCCC2)CC1. The molecule has 0 bridgehead atoms. The van der Waals surface area contributed by atoms with E-state index in [1.807, 2.05) is 6.08 Å². The third-order valence-corrected chi connectivity index (χ3v) is 7.73. The maximum absolute atomic E-state index is 5.81. The minimum atomic E-state index is 0.593. The maximum Gasteiger partial charge on any atom is 0.0644 e. The minimum absolute atomic E-state index is 0.593. The predicted molar refractivity (Wildman–Crippen MR) is 119 cm³/mol. The molecule has 0 saturated heterocycles. The summed E-state index contributed by atoms with van der Waals surface area (Å²) in [5.74, 6) is 2.11. The Bertz CT molecular complexity index is 360. The van der Waals surface area contributed by atoms with Gasteiger partial charge in [-0.25, -0.2) is 0 Å². The summed E-state index contributed by atoms with van der Waals surface area (Å²) in [6.07, 6.45) is 28.2. The highest BCUT2D eigenvalue weighted by Crippen LogP contribution is 2.49. The predicted octanol–water partition coefficient (Wildman–Crippen LogP) is 8.48. The van der Waals surface area contributed by atoms with Crippen molar-refractivity contribution in [1.29, 1.82) is 0 Å². The second-order valence-electron chi connectivity index (χ2n) is 9.72. The highest BCUT2D eigenvalue weighted by atomic mass is 16.5. The van der Waals surface area contributed by atoms with Crippen LogP contribution in [0.4, 0.5) is 0 Å². The van der Waals surface area contributed by atoms with E-state index in [0.717, 1.165) is 25.0 Å². The molecule has 27 heavy (non-hydrogen) atoms. The van der Waals surface area contributed by atoms with Gasteiger partial charge in [0.15, 0.2) is 0 Å². The van der Waals surface area contributed by atoms with E-state index in [-0.39, 0.29) is 0 Å². The number of rotatable bonds is 14. The molecule has 2 rings (SSSR count). The summed E-state index contributed by atoms with van der Waals surface area (Å²) in [6, 6.07) is 0. The molecule has 0 N–H and O–H groups in total. The van der Waals surface area contributed by atoms with Crippen LogP contribution in [0.3, 0.4) is 0 Å². The fourth-order valence-corrected chi connectivity index (χ4v) is 5.87. The molecule has 0 aromatic carbocycles. The van der Waals surface area contributed by atoms with Gasteiger partial charge in [0.2, 0.25) is 0 Å². The summed E-state index contributed by atoms with van der Waals surface area (Å²) < 4.78 is 5.81. The zero-order valence-corrected chi connectivity index (χ0v) is 18.5. The van der Waals surface area contributed by atoms with Crippen molar-refractivity contribution in [1.82, 2.24) is 0 Å². The molecular formula is C26H48O. The number of ether oxygens (including phenoxy) is 1. The van der Waals surface area contributed by atoms with Gasteiger partial charge in [0.05, 0.1) is 6.61 Å². The molecule has 0 heterocycles. The minimum Gasteiger partial charge on any atom is -0.377 e. The highest BCUT2D eigenvalue weighted by molar-refractivity contribution is 4.88. The molecule has 0 atom stereocenters. The van der Waals surface area contributed by atoms with Crippen molar-refractivity contribution in [3.63, 3.8) is 0 Å². The lowest BCUT2D eigenvalue weighted by molar-refractivity contribution is 0.0487. The van der Waals surface area contributed by atoms with E-state index in [2.05, 4.69) is 13.5 Å². The Hall–Kier alpha value is -0.300. The van der Waals surface area contributed by atoms with E-state index in [1.54, 1.807) is 0 Å². The molecule has 0 aliphatic heterocycles. The Morgan fingerprint density at radius 1 is 0.815 bits per heavy atom. The molecule has 0 aromatic heterocycles. The second kappa shape index (κ2) is 13.8. The fraction of sp³-hybridized carbons (Fsp3) is 0.923. The van der Waals surface area contributed by atoms with Crippen LogP contribution in [-0.4, -0.2) is 13.2 Å². The van der Waals surface area contributed by atoms with Gasteiger partial charge < -0.3 is 4.74 Å². The first kappa shape index (κ1) is 23.0. The van der Waals surface area contributed by atoms with E-state index in [9.17, 15) is 0 Å². The van der Waals surface area contributed by atoms with Crippen LogP contribution in [-0.2, 0) is 4.74 Å². The average molecular weight is 377 g/mol. The van der Waals surface area contributed by atoms with Gasteiger partial charge in [-0.15, -0.1) is 6.58 Å². The highest BCUT2D eigenvalue weighted by Gasteiger charge is 2.37. The lowest BCUT2D eigenvalue weighted by atomic mass is 9.62. The first-order chi connectivity index (χ1) is 13.3. The fourth-order valence-electron chi connectivity index (χ4n) is 5.87. The molecule has 1 heteroatoms. The lowest BCUT2D eigenvalue weighted by Gasteiger charge is -2.43. The van der Waals surface area contributed by atoms with Crippen LogP contribution in [0.25, 0.3) is 0 Å². The van der Waals surface area contributed by atoms with Crippen molar-refractivity contribution in [2.45, 2.75) is 122 Å². The number of hydrogen-bond donors (Lipinski definition) is 0. The third kappa shape index (κ3) is 8.71. The third-order valence-electron chi connectivity index (χ3n) is 7.73. The molecule has 0 aromatic rings. The van der Waals surface area contributed by atoms with Gasteiger partial charge in [0.1, 0.15) is 0 Å². The lowest BCUT2D eigenvalue weighted by Crippen LogP contribution is -2.32. The van der Waals surface area contributed by atoms with Crippen LogP contribution >= 0.6 is 0 Å². The number of unbranched alkanes of at least 4 members (excludes halogenated alkanes) is 6. The first-order valence-corrected chi connectivity index (χ1v) is 12.5. The monoisotopic (exact) mass is 376 g/mol. The summed E-state index contributed by atoms with van der Waals surface area (Å²) >= 11 is 0. The van der Waals surface area contributed by atoms with Gasteiger partial charge in [0.25, 0.3) is 0 Å². The van der Waals surface area contributed by atoms with Crippen LogP contribution in [0.15, 0.2) is 12.7 Å². The molecule has 2 aliphatic carbocycles. The van der Waals surface area contributed by atoms with E-state index in [4.69, 9.17) is 4.74 Å². The smallest absolute Gasteiger partial charge is 0.0644 e. The summed E-state index contributed by atoms with van der Waals surface area (Å²) in [5, 5.41) is 0. The molecule has 2 aliphatic rings. The van der Waals surface area contributed by atoms with Crippen LogP contribution in [0.5, 0.6) is 0 Å². The summed E-state index contributed by atoms with van der Waals surface area (Å²) in [7, 11) is 0. The molecule has 0 unspecified atom stereocenters. The topological polar surface area (TPSA) is 9.23 Å². The molecular weight excluding hydrogens is 328 g/mol. The quantitative estimate of drug-likeness (QED) is 0.218. The van der Waals surface area contributed by atoms with Crippen molar-refractivity contribution >= 4 is 0 Å². The van der Waals surface area contributed by atoms with Gasteiger partial charge in [-0.05, 0) is 55.8 Å². The Labute approximate surface area is 170 Å². The van der Waals surface area contributed by atoms with E-state index < -0.39 is 0 Å². The van der Waals surface area contributed by atoms with Crippen LogP contribution in [0, 0.1) is 17.3 Å². The molecule has 2 fully saturated rings. The molecule has 0 amide bonds. The van der Waals surface area contributed by atoms with Gasteiger partial charge in [-0.2, -0.15) is 0 Å². The van der Waals surface area contributed by atoms with Gasteiger partial charge in [0, 0.05) is 6.61 Å². The van der Waals surface area contributed by atoms with E-state index >= 15 is 0 Å². The zero-order valence-electron chi connectivity index (χ0n) is 18.5. The average Bonchev–Trinajstić information content (AvgIpc) is 2.72. The van der Waals surface area contributed by atoms with Crippen molar-refractivity contribution in [2.75, 3.05) is 13.2 Å². The molecule has 0 radical (unpaired) electrons. The van der Waals surface area contributed by atoms with Crippen molar-refractivity contribution < 1.29 is 4.74 Å². The Morgan fingerprint density at radius 3 is 2.11 bits per heavy atom. The zero-order chi connectivity index (χ0) is 19.2. The molecule has 1 nitrogen and oxygen atoms in total. The standard InChI is InChI=1S/C26H48O/c1-3-5-6-7-8-9-13-18-26(21-23-27-22-4-2)19-16-25(17-20-26)24-14-11-10-12-15-24/h4,24-25H,2-3,5-23H2,1H3/t25-,26+. The van der Waals surface area contributed by atoms with Crippen molar-refractivity contribution in [3.8, 4) is 0 Å². The van der Waals surface area contributed by atoms with Crippen LogP contribution in [0.1, 0.15) is 122 Å². The van der Waals surface area contributed by atoms with Gasteiger partial charge in [-0.1, -0.05) is 90.0 Å². The van der Waals surface area contributed by atoms with E-state index in [0.29, 0.717) is 5.41 Å². The van der Waals surface area contributed by atoms with Crippen molar-refractivity contribution in [2.24, 2.45) is 17.3 Å². The Balaban J connectivity index is 1.73. The maximum atomic E-state index is 5.81. The molecule has 2 saturated carbocycles. The normalized spacial score (nSPS) is 26.9. The second-order valence-corrected chi connectivity index (χ2v) is 9.72. The van der Waals surface area contributed by atoms with Crippen LogP contribution in [0.2, 0.25) is 0 Å². The molecule has 158 valence electrons. The first-order valence-electron chi connectivity index (χ1n) is 12.5. The van der Waals surface area contributed by atoms with Gasteiger partial charge in [-0.3, -0.25) is 0 Å². The van der Waals surface area contributed by atoms with Crippen molar-refractivity contribution in [3.05, 3.63) is 12.7 Å². The van der Waals surface area contributed by atoms with Gasteiger partial charge >= 0.3 is 0 Å². The Kier molecular flexibility index (Phi) is 11.8.